The van der Waals surface area contributed by atoms with Gasteiger partial charge in [-0.2, -0.15) is 4.98 Å². The zero-order valence-electron chi connectivity index (χ0n) is 21.9. The lowest BCUT2D eigenvalue weighted by Crippen LogP contribution is -2.21. The number of phenols is 1. The van der Waals surface area contributed by atoms with Gasteiger partial charge in [-0.1, -0.05) is 29.8 Å². The molecule has 0 spiro atoms. The Morgan fingerprint density at radius 3 is 2.51 bits per heavy atom. The summed E-state index contributed by atoms with van der Waals surface area (Å²) in [7, 11) is -6.81. The predicted molar refractivity (Wildman–Crippen MR) is 161 cm³/mol. The minimum atomic E-state index is -4.36. The van der Waals surface area contributed by atoms with Crippen LogP contribution in [0.1, 0.15) is 6.92 Å². The van der Waals surface area contributed by atoms with Crippen molar-refractivity contribution in [2.75, 3.05) is 28.2 Å². The molecule has 4 aromatic rings. The molecule has 4 rings (SSSR count). The lowest BCUT2D eigenvalue weighted by Gasteiger charge is -2.17. The average Bonchev–Trinajstić information content (AvgIpc) is 2.91. The molecule has 0 aliphatic heterocycles. The highest BCUT2D eigenvalue weighted by molar-refractivity contribution is 7.99. The van der Waals surface area contributed by atoms with Gasteiger partial charge in [-0.3, -0.25) is 8.93 Å². The summed E-state index contributed by atoms with van der Waals surface area (Å²) in [6.45, 7) is 1.51. The van der Waals surface area contributed by atoms with Crippen LogP contribution in [0.25, 0.3) is 11.1 Å². The van der Waals surface area contributed by atoms with Crippen LogP contribution < -0.4 is 15.4 Å². The van der Waals surface area contributed by atoms with E-state index in [1.165, 1.54) is 36.7 Å². The van der Waals surface area contributed by atoms with Crippen molar-refractivity contribution in [2.24, 2.45) is 0 Å². The molecule has 2 atom stereocenters. The van der Waals surface area contributed by atoms with Crippen molar-refractivity contribution in [3.05, 3.63) is 77.7 Å². The van der Waals surface area contributed by atoms with Gasteiger partial charge in [0.05, 0.1) is 17.3 Å². The molecule has 0 aliphatic rings. The van der Waals surface area contributed by atoms with E-state index in [0.717, 1.165) is 12.1 Å². The summed E-state index contributed by atoms with van der Waals surface area (Å²) in [6.07, 6.45) is 2.98. The Labute approximate surface area is 242 Å². The maximum atomic E-state index is 15.2. The highest BCUT2D eigenvalue weighted by Gasteiger charge is 2.22. The fourth-order valence-electron chi connectivity index (χ4n) is 3.69. The number of nitrogens with one attached hydrogen (secondary N) is 3. The van der Waals surface area contributed by atoms with E-state index in [0.29, 0.717) is 21.7 Å². The van der Waals surface area contributed by atoms with Crippen molar-refractivity contribution in [3.8, 4) is 16.9 Å². The van der Waals surface area contributed by atoms with Crippen LogP contribution in [0.4, 0.5) is 27.5 Å². The Hall–Kier alpha value is -3.91. The van der Waals surface area contributed by atoms with Gasteiger partial charge < -0.3 is 20.8 Å². The van der Waals surface area contributed by atoms with E-state index in [9.17, 15) is 22.8 Å². The minimum Gasteiger partial charge on any atom is -0.505 e. The van der Waals surface area contributed by atoms with Gasteiger partial charge in [0.25, 0.3) is 10.0 Å². The molecule has 0 bridgehead atoms. The molecule has 1 unspecified atom stereocenters. The summed E-state index contributed by atoms with van der Waals surface area (Å²) in [5.41, 5.74) is 0.908. The number of aromatic nitrogens is 2. The summed E-state index contributed by atoms with van der Waals surface area (Å²) >= 11 is 5.82. The van der Waals surface area contributed by atoms with Gasteiger partial charge in [-0.25, -0.2) is 17.8 Å². The molecule has 216 valence electrons. The molecule has 1 aromatic heterocycles. The second kappa shape index (κ2) is 11.9. The first kappa shape index (κ1) is 30.1. The third kappa shape index (κ3) is 7.06. The number of sulfonamides is 1. The molecule has 0 fully saturated rings. The molecule has 5 N–H and O–H groups in total. The average molecular weight is 620 g/mol. The number of halogens is 2. The Morgan fingerprint density at radius 2 is 1.83 bits per heavy atom. The molecule has 14 heteroatoms. The van der Waals surface area contributed by atoms with Crippen LogP contribution in [0.15, 0.2) is 76.7 Å². The van der Waals surface area contributed by atoms with Crippen LogP contribution in [0.5, 0.6) is 5.75 Å². The SMILES string of the molecule is C=S(C)(=O)c1cccc(Nc2ncc(-c3ccc(NS(=O)(=O)c4cccc(Cl)c4O)c(F)c3)c(N[C@H](C)CO)n2)c1. The Bertz CT molecular complexity index is 1820. The normalized spacial score (nSPS) is 13.7. The molecule has 0 saturated heterocycles. The van der Waals surface area contributed by atoms with Crippen molar-refractivity contribution >= 4 is 60.2 Å². The van der Waals surface area contributed by atoms with Gasteiger partial charge >= 0.3 is 0 Å². The largest absolute Gasteiger partial charge is 0.505 e. The molecule has 41 heavy (non-hydrogen) atoms. The number of para-hydroxylation sites is 1. The van der Waals surface area contributed by atoms with E-state index in [1.807, 2.05) is 0 Å². The fraction of sp³-hybridized carbons (Fsp3) is 0.148. The fourth-order valence-corrected chi connectivity index (χ4v) is 5.85. The highest BCUT2D eigenvalue weighted by Crippen LogP contribution is 2.34. The first-order valence-electron chi connectivity index (χ1n) is 12.0. The van der Waals surface area contributed by atoms with Crippen molar-refractivity contribution in [1.29, 1.82) is 0 Å². The zero-order valence-corrected chi connectivity index (χ0v) is 24.3. The zero-order chi connectivity index (χ0) is 29.9. The first-order valence-corrected chi connectivity index (χ1v) is 16.0. The van der Waals surface area contributed by atoms with Gasteiger partial charge in [0.1, 0.15) is 16.5 Å². The quantitative estimate of drug-likeness (QED) is 0.159. The molecule has 10 nitrogen and oxygen atoms in total. The van der Waals surface area contributed by atoms with Crippen LogP contribution in [-0.2, 0) is 19.5 Å². The van der Waals surface area contributed by atoms with Gasteiger partial charge in [-0.05, 0) is 70.3 Å². The Morgan fingerprint density at radius 1 is 1.10 bits per heavy atom. The highest BCUT2D eigenvalue weighted by atomic mass is 35.5. The van der Waals surface area contributed by atoms with Crippen molar-refractivity contribution in [3.63, 3.8) is 0 Å². The summed E-state index contributed by atoms with van der Waals surface area (Å²) in [5.74, 6) is 2.59. The molecule has 0 aliphatic carbocycles. The number of rotatable bonds is 10. The number of aliphatic hydroxyl groups excluding tert-OH is 1. The summed E-state index contributed by atoms with van der Waals surface area (Å²) in [5, 5.41) is 25.6. The summed E-state index contributed by atoms with van der Waals surface area (Å²) in [6, 6.07) is 14.0. The van der Waals surface area contributed by atoms with Crippen molar-refractivity contribution in [1.82, 2.24) is 9.97 Å². The molecule has 0 amide bonds. The lowest BCUT2D eigenvalue weighted by atomic mass is 10.1. The molecule has 0 radical (unpaired) electrons. The predicted octanol–water partition coefficient (Wildman–Crippen LogP) is 4.68. The monoisotopic (exact) mass is 619 g/mol. The van der Waals surface area contributed by atoms with Crippen LogP contribution >= 0.6 is 11.6 Å². The molecule has 0 saturated carbocycles. The molecule has 3 aromatic carbocycles. The Balaban J connectivity index is 1.66. The topological polar surface area (TPSA) is 154 Å². The third-order valence-corrected chi connectivity index (χ3v) is 8.75. The smallest absolute Gasteiger partial charge is 0.265 e. The van der Waals surface area contributed by atoms with E-state index in [4.69, 9.17) is 11.6 Å². The van der Waals surface area contributed by atoms with E-state index >= 15 is 4.39 Å². The number of phenolic OH excluding ortho intramolecular Hbond substituents is 1. The standard InChI is InChI=1S/C27H27ClFN5O5S2/c1-16(15-35)31-26-20(14-30-27(33-26)32-18-6-4-7-19(13-18)40(2,3)37)17-10-11-23(22(29)12-17)34-41(38,39)24-9-5-8-21(28)25(24)36/h4-14,16,34-36H,2,15H2,1,3H3,(H2,30,31,32,33)/t16-,40?/m1/s1. The number of anilines is 4. The molecular weight excluding hydrogens is 593 g/mol. The molecular formula is C27H27ClFN5O5S2. The summed E-state index contributed by atoms with van der Waals surface area (Å²) < 4.78 is 55.2. The minimum absolute atomic E-state index is 0.168. The van der Waals surface area contributed by atoms with Crippen LogP contribution in [-0.4, -0.2) is 57.6 Å². The third-order valence-electron chi connectivity index (χ3n) is 5.80. The van der Waals surface area contributed by atoms with E-state index < -0.39 is 42.0 Å². The van der Waals surface area contributed by atoms with Gasteiger partial charge in [0.2, 0.25) is 5.95 Å². The van der Waals surface area contributed by atoms with Crippen LogP contribution in [0.2, 0.25) is 5.02 Å². The van der Waals surface area contributed by atoms with Gasteiger partial charge in [-0.15, -0.1) is 0 Å². The van der Waals surface area contributed by atoms with Crippen molar-refractivity contribution in [2.45, 2.75) is 22.8 Å². The number of nitrogens with zero attached hydrogens (tertiary/aromatic N) is 2. The number of aromatic hydroxyl groups is 1. The number of benzene rings is 3. The van der Waals surface area contributed by atoms with E-state index in [1.54, 1.807) is 31.2 Å². The van der Waals surface area contributed by atoms with E-state index in [2.05, 4.69) is 31.2 Å². The Kier molecular flexibility index (Phi) is 8.73. The number of hydrogen-bond acceptors (Lipinski definition) is 9. The first-order chi connectivity index (χ1) is 19.3. The second-order valence-electron chi connectivity index (χ2n) is 9.23. The maximum absolute atomic E-state index is 15.2. The summed E-state index contributed by atoms with van der Waals surface area (Å²) in [4.78, 5) is 8.85. The van der Waals surface area contributed by atoms with Crippen molar-refractivity contribution < 1.29 is 27.2 Å². The molecule has 1 heterocycles. The maximum Gasteiger partial charge on any atom is 0.265 e. The number of hydrogen-bond donors (Lipinski definition) is 5. The lowest BCUT2D eigenvalue weighted by molar-refractivity contribution is 0.281. The van der Waals surface area contributed by atoms with Crippen LogP contribution in [0, 0.1) is 5.82 Å². The van der Waals surface area contributed by atoms with Gasteiger partial charge in [0, 0.05) is 34.6 Å². The van der Waals surface area contributed by atoms with E-state index in [-0.39, 0.29) is 29.1 Å². The van der Waals surface area contributed by atoms with Gasteiger partial charge in [0.15, 0.2) is 5.75 Å². The van der Waals surface area contributed by atoms with Crippen LogP contribution in [0.3, 0.4) is 0 Å². The number of aliphatic hydroxyl groups is 1. The second-order valence-corrected chi connectivity index (χ2v) is 13.8.